The van der Waals surface area contributed by atoms with E-state index in [1.165, 1.54) is 18.2 Å². The largest absolute Gasteiger partial charge is 0.329 e. The minimum Gasteiger partial charge on any atom is -0.317 e. The van der Waals surface area contributed by atoms with E-state index >= 15 is 0 Å². The Hall–Kier alpha value is -2.97. The number of benzene rings is 2. The summed E-state index contributed by atoms with van der Waals surface area (Å²) in [5.74, 6) is -1.95. The maximum atomic E-state index is 11.9. The van der Waals surface area contributed by atoms with Gasteiger partial charge in [-0.25, -0.2) is 5.43 Å². The van der Waals surface area contributed by atoms with E-state index in [9.17, 15) is 19.7 Å². The van der Waals surface area contributed by atoms with Crippen molar-refractivity contribution in [1.29, 1.82) is 0 Å². The van der Waals surface area contributed by atoms with Gasteiger partial charge in [-0.1, -0.05) is 35.3 Å². The zero-order chi connectivity index (χ0) is 19.3. The van der Waals surface area contributed by atoms with Gasteiger partial charge in [0.2, 0.25) is 0 Å². The third-order valence-electron chi connectivity index (χ3n) is 3.27. The number of rotatable bonds is 4. The number of nitro benzene ring substituents is 1. The lowest BCUT2D eigenvalue weighted by molar-refractivity contribution is -0.384. The van der Waals surface area contributed by atoms with Crippen molar-refractivity contribution in [1.82, 2.24) is 5.43 Å². The van der Waals surface area contributed by atoms with Crippen LogP contribution in [0.5, 0.6) is 0 Å². The van der Waals surface area contributed by atoms with Gasteiger partial charge in [0.1, 0.15) is 5.02 Å². The molecule has 0 saturated heterocycles. The maximum absolute atomic E-state index is 11.9. The Labute approximate surface area is 157 Å². The van der Waals surface area contributed by atoms with Crippen LogP contribution >= 0.6 is 23.2 Å². The van der Waals surface area contributed by atoms with E-state index < -0.39 is 16.7 Å². The lowest BCUT2D eigenvalue weighted by Gasteiger charge is -2.08. The monoisotopic (exact) mass is 394 g/mol. The van der Waals surface area contributed by atoms with Crippen LogP contribution in [-0.4, -0.2) is 23.0 Å². The van der Waals surface area contributed by atoms with Crippen molar-refractivity contribution in [3.63, 3.8) is 0 Å². The first-order valence-corrected chi connectivity index (χ1v) is 7.88. The van der Waals surface area contributed by atoms with Gasteiger partial charge in [0.15, 0.2) is 0 Å². The predicted molar refractivity (Wildman–Crippen MR) is 98.7 cm³/mol. The summed E-state index contributed by atoms with van der Waals surface area (Å²) in [6.07, 6.45) is 1.15. The molecule has 2 amide bonds. The highest BCUT2D eigenvalue weighted by atomic mass is 35.5. The summed E-state index contributed by atoms with van der Waals surface area (Å²) in [6.45, 7) is 1.70. The number of anilines is 1. The molecule has 10 heteroatoms. The number of hydrogen-bond donors (Lipinski definition) is 2. The second-order valence-electron chi connectivity index (χ2n) is 5.03. The van der Waals surface area contributed by atoms with Gasteiger partial charge in [-0.15, -0.1) is 0 Å². The predicted octanol–water partition coefficient (Wildman–Crippen LogP) is 3.30. The fourth-order valence-electron chi connectivity index (χ4n) is 1.89. The van der Waals surface area contributed by atoms with Crippen molar-refractivity contribution in [2.24, 2.45) is 5.10 Å². The summed E-state index contributed by atoms with van der Waals surface area (Å²) >= 11 is 11.6. The van der Waals surface area contributed by atoms with Crippen LogP contribution in [0.2, 0.25) is 10.0 Å². The van der Waals surface area contributed by atoms with Crippen LogP contribution in [0.4, 0.5) is 11.4 Å². The van der Waals surface area contributed by atoms with Crippen molar-refractivity contribution >= 4 is 52.6 Å². The molecular formula is C16H12Cl2N4O4. The van der Waals surface area contributed by atoms with Crippen LogP contribution in [-0.2, 0) is 9.59 Å². The lowest BCUT2D eigenvalue weighted by atomic mass is 10.2. The number of hydrazone groups is 1. The van der Waals surface area contributed by atoms with Crippen molar-refractivity contribution in [2.45, 2.75) is 6.92 Å². The molecule has 0 aliphatic carbocycles. The molecule has 0 aliphatic heterocycles. The number of nitro groups is 1. The van der Waals surface area contributed by atoms with Gasteiger partial charge >= 0.3 is 11.8 Å². The summed E-state index contributed by atoms with van der Waals surface area (Å²) in [5.41, 5.74) is 3.08. The zero-order valence-electron chi connectivity index (χ0n) is 13.3. The molecule has 2 aromatic carbocycles. The second kappa shape index (κ2) is 8.41. The lowest BCUT2D eigenvalue weighted by Crippen LogP contribution is -2.32. The van der Waals surface area contributed by atoms with Crippen molar-refractivity contribution in [2.75, 3.05) is 5.32 Å². The number of nitrogens with one attached hydrogen (secondary N) is 2. The van der Waals surface area contributed by atoms with E-state index in [1.807, 2.05) is 5.43 Å². The molecule has 0 aromatic heterocycles. The molecule has 0 atom stereocenters. The van der Waals surface area contributed by atoms with Crippen molar-refractivity contribution in [3.05, 3.63) is 67.7 Å². The van der Waals surface area contributed by atoms with Gasteiger partial charge in [0.05, 0.1) is 11.1 Å². The molecular weight excluding hydrogens is 383 g/mol. The van der Waals surface area contributed by atoms with Crippen LogP contribution in [0.1, 0.15) is 11.1 Å². The van der Waals surface area contributed by atoms with Gasteiger partial charge in [-0.2, -0.15) is 5.10 Å². The molecule has 0 fully saturated rings. The molecule has 134 valence electrons. The highest BCUT2D eigenvalue weighted by Crippen LogP contribution is 2.24. The molecule has 0 spiro atoms. The Morgan fingerprint density at radius 2 is 1.88 bits per heavy atom. The molecule has 2 N–H and O–H groups in total. The Balaban J connectivity index is 2.00. The summed E-state index contributed by atoms with van der Waals surface area (Å²) in [5, 5.41) is 17.3. The van der Waals surface area contributed by atoms with Gasteiger partial charge in [-0.3, -0.25) is 19.7 Å². The fraction of sp³-hybridized carbons (Fsp3) is 0.0625. The van der Waals surface area contributed by atoms with E-state index in [0.717, 1.165) is 6.21 Å². The summed E-state index contributed by atoms with van der Waals surface area (Å²) in [4.78, 5) is 33.8. The fourth-order valence-corrected chi connectivity index (χ4v) is 2.25. The standard InChI is InChI=1S/C16H12Cl2N4O4/c1-9-11(17)3-2-4-13(9)20-15(23)16(24)21-19-8-10-5-6-12(18)14(7-10)22(25)26/h2-8H,1H3,(H,20,23)(H,21,24). The molecule has 0 unspecified atom stereocenters. The third-order valence-corrected chi connectivity index (χ3v) is 4.00. The number of carbonyl (C=O) groups is 2. The highest BCUT2D eigenvalue weighted by Gasteiger charge is 2.15. The molecule has 2 aromatic rings. The van der Waals surface area contributed by atoms with E-state index in [1.54, 1.807) is 25.1 Å². The topological polar surface area (TPSA) is 114 Å². The average Bonchev–Trinajstić information content (AvgIpc) is 2.60. The Bertz CT molecular complexity index is 915. The van der Waals surface area contributed by atoms with Crippen LogP contribution in [0.15, 0.2) is 41.5 Å². The maximum Gasteiger partial charge on any atom is 0.329 e. The quantitative estimate of drug-likeness (QED) is 0.358. The minimum atomic E-state index is -1.01. The third kappa shape index (κ3) is 4.78. The molecule has 0 bridgehead atoms. The Morgan fingerprint density at radius 1 is 1.15 bits per heavy atom. The first-order chi connectivity index (χ1) is 12.3. The Morgan fingerprint density at radius 3 is 2.58 bits per heavy atom. The first kappa shape index (κ1) is 19.4. The van der Waals surface area contributed by atoms with Gasteiger partial charge in [0.25, 0.3) is 5.69 Å². The van der Waals surface area contributed by atoms with E-state index in [4.69, 9.17) is 23.2 Å². The molecule has 0 aliphatic rings. The van der Waals surface area contributed by atoms with Gasteiger partial charge in [0, 0.05) is 22.3 Å². The van der Waals surface area contributed by atoms with Gasteiger partial charge in [-0.05, 0) is 30.7 Å². The van der Waals surface area contributed by atoms with Gasteiger partial charge < -0.3 is 5.32 Å². The number of hydrogen-bond acceptors (Lipinski definition) is 5. The normalized spacial score (nSPS) is 10.6. The van der Waals surface area contributed by atoms with Crippen molar-refractivity contribution in [3.8, 4) is 0 Å². The number of carbonyl (C=O) groups excluding carboxylic acids is 2. The van der Waals surface area contributed by atoms with Crippen LogP contribution in [0.3, 0.4) is 0 Å². The highest BCUT2D eigenvalue weighted by molar-refractivity contribution is 6.40. The van der Waals surface area contributed by atoms with Crippen LogP contribution in [0, 0.1) is 17.0 Å². The average molecular weight is 395 g/mol. The number of amides is 2. The molecule has 0 saturated carbocycles. The van der Waals surface area contributed by atoms with Crippen LogP contribution in [0.25, 0.3) is 0 Å². The summed E-state index contributed by atoms with van der Waals surface area (Å²) in [6, 6.07) is 8.88. The molecule has 26 heavy (non-hydrogen) atoms. The summed E-state index contributed by atoms with van der Waals surface area (Å²) in [7, 11) is 0. The molecule has 2 rings (SSSR count). The van der Waals surface area contributed by atoms with E-state index in [2.05, 4.69) is 10.4 Å². The van der Waals surface area contributed by atoms with Crippen LogP contribution < -0.4 is 10.7 Å². The van der Waals surface area contributed by atoms with E-state index in [-0.39, 0.29) is 10.7 Å². The number of nitrogens with zero attached hydrogens (tertiary/aromatic N) is 2. The Kier molecular flexibility index (Phi) is 6.26. The molecule has 0 heterocycles. The summed E-state index contributed by atoms with van der Waals surface area (Å²) < 4.78 is 0. The second-order valence-corrected chi connectivity index (χ2v) is 5.85. The van der Waals surface area contributed by atoms with Crippen molar-refractivity contribution < 1.29 is 14.5 Å². The van der Waals surface area contributed by atoms with E-state index in [0.29, 0.717) is 21.8 Å². The zero-order valence-corrected chi connectivity index (χ0v) is 14.8. The minimum absolute atomic E-state index is 0.0209. The first-order valence-electron chi connectivity index (χ1n) is 7.13. The SMILES string of the molecule is Cc1c(Cl)cccc1NC(=O)C(=O)NN=Cc1ccc(Cl)c([N+](=O)[O-])c1. The molecule has 0 radical (unpaired) electrons. The molecule has 8 nitrogen and oxygen atoms in total. The smallest absolute Gasteiger partial charge is 0.317 e. The number of halogens is 2.